The minimum Gasteiger partial charge on any atom is -0.333 e. The molecule has 1 aromatic heterocycles. The fourth-order valence-corrected chi connectivity index (χ4v) is 5.40. The molecule has 140 valence electrons. The van der Waals surface area contributed by atoms with Gasteiger partial charge in [-0.3, -0.25) is 14.7 Å². The summed E-state index contributed by atoms with van der Waals surface area (Å²) in [5.41, 5.74) is 1.27. The molecule has 2 bridgehead atoms. The summed E-state index contributed by atoms with van der Waals surface area (Å²) in [6, 6.07) is 7.45. The summed E-state index contributed by atoms with van der Waals surface area (Å²) in [5.74, 6) is -0.753. The molecule has 6 heteroatoms. The maximum absolute atomic E-state index is 13.9. The SMILES string of the molecule is O=C(c1ccncc1)N1C[C@@H](c2cc(F)cc(F)c2)[C@@H]2[C@H]1C1CCN2CC1. The molecule has 27 heavy (non-hydrogen) atoms. The topological polar surface area (TPSA) is 36.4 Å². The molecule has 0 saturated carbocycles. The Hall–Kier alpha value is -2.34. The van der Waals surface area contributed by atoms with Crippen LogP contribution in [0.25, 0.3) is 0 Å². The highest BCUT2D eigenvalue weighted by atomic mass is 19.1. The number of nitrogens with zero attached hydrogens (tertiary/aromatic N) is 3. The second-order valence-electron chi connectivity index (χ2n) is 7.86. The zero-order valence-corrected chi connectivity index (χ0v) is 14.9. The molecule has 1 aromatic carbocycles. The van der Waals surface area contributed by atoms with Crippen molar-refractivity contribution in [3.05, 3.63) is 65.5 Å². The summed E-state index contributed by atoms with van der Waals surface area (Å²) < 4.78 is 27.7. The summed E-state index contributed by atoms with van der Waals surface area (Å²) >= 11 is 0. The van der Waals surface area contributed by atoms with Gasteiger partial charge in [-0.2, -0.15) is 0 Å². The molecule has 1 amide bonds. The first-order valence-electron chi connectivity index (χ1n) is 9.53. The maximum atomic E-state index is 13.9. The molecule has 4 nitrogen and oxygen atoms in total. The average Bonchev–Trinajstić information content (AvgIpc) is 3.11. The molecule has 4 aliphatic heterocycles. The van der Waals surface area contributed by atoms with Gasteiger partial charge in [-0.05, 0) is 61.7 Å². The molecule has 3 atom stereocenters. The number of rotatable bonds is 2. The van der Waals surface area contributed by atoms with Crippen LogP contribution in [0.5, 0.6) is 0 Å². The van der Waals surface area contributed by atoms with Gasteiger partial charge < -0.3 is 4.90 Å². The van der Waals surface area contributed by atoms with Crippen LogP contribution in [0.2, 0.25) is 0 Å². The van der Waals surface area contributed by atoms with Crippen molar-refractivity contribution < 1.29 is 13.6 Å². The van der Waals surface area contributed by atoms with Crippen molar-refractivity contribution >= 4 is 5.91 Å². The molecule has 6 rings (SSSR count). The van der Waals surface area contributed by atoms with Crippen LogP contribution in [-0.2, 0) is 0 Å². The van der Waals surface area contributed by atoms with Gasteiger partial charge in [0.15, 0.2) is 0 Å². The van der Waals surface area contributed by atoms with E-state index in [4.69, 9.17) is 0 Å². The molecule has 5 heterocycles. The van der Waals surface area contributed by atoms with Gasteiger partial charge in [0.05, 0.1) is 6.04 Å². The van der Waals surface area contributed by atoms with Crippen molar-refractivity contribution in [3.8, 4) is 0 Å². The molecule has 0 N–H and O–H groups in total. The number of benzene rings is 1. The van der Waals surface area contributed by atoms with Crippen molar-refractivity contribution in [1.29, 1.82) is 0 Å². The van der Waals surface area contributed by atoms with Crippen molar-refractivity contribution in [3.63, 3.8) is 0 Å². The van der Waals surface area contributed by atoms with Gasteiger partial charge in [0.25, 0.3) is 5.91 Å². The number of hydrogen-bond acceptors (Lipinski definition) is 3. The van der Waals surface area contributed by atoms with Gasteiger partial charge in [-0.25, -0.2) is 8.78 Å². The first-order valence-corrected chi connectivity index (χ1v) is 9.53. The lowest BCUT2D eigenvalue weighted by Gasteiger charge is -2.51. The lowest BCUT2D eigenvalue weighted by molar-refractivity contribution is -0.00343. The van der Waals surface area contributed by atoms with E-state index in [0.717, 1.165) is 32.0 Å². The number of pyridine rings is 1. The van der Waals surface area contributed by atoms with Crippen LogP contribution in [0.4, 0.5) is 8.78 Å². The summed E-state index contributed by atoms with van der Waals surface area (Å²) in [6.45, 7) is 2.49. The van der Waals surface area contributed by atoms with E-state index < -0.39 is 11.6 Å². The Bertz CT molecular complexity index is 847. The first kappa shape index (κ1) is 16.8. The fraction of sp³-hybridized carbons (Fsp3) is 0.429. The third kappa shape index (κ3) is 2.74. The lowest BCUT2D eigenvalue weighted by atomic mass is 9.75. The number of halogens is 2. The summed E-state index contributed by atoms with van der Waals surface area (Å²) in [6.07, 6.45) is 5.39. The number of carbonyl (C=O) groups is 1. The molecule has 0 radical (unpaired) electrons. The Morgan fingerprint density at radius 3 is 2.33 bits per heavy atom. The van der Waals surface area contributed by atoms with Gasteiger partial charge in [-0.1, -0.05) is 0 Å². The second-order valence-corrected chi connectivity index (χ2v) is 7.86. The van der Waals surface area contributed by atoms with E-state index in [1.54, 1.807) is 24.5 Å². The van der Waals surface area contributed by atoms with E-state index >= 15 is 0 Å². The number of piperidine rings is 3. The Morgan fingerprint density at radius 2 is 1.67 bits per heavy atom. The van der Waals surface area contributed by atoms with E-state index in [1.165, 1.54) is 12.1 Å². The van der Waals surface area contributed by atoms with Gasteiger partial charge in [-0.15, -0.1) is 0 Å². The van der Waals surface area contributed by atoms with E-state index in [-0.39, 0.29) is 23.9 Å². The Balaban J connectivity index is 1.55. The molecule has 4 saturated heterocycles. The maximum Gasteiger partial charge on any atom is 0.254 e. The summed E-state index contributed by atoms with van der Waals surface area (Å²) in [4.78, 5) is 21.6. The zero-order chi connectivity index (χ0) is 18.5. The molecule has 2 aromatic rings. The van der Waals surface area contributed by atoms with Crippen molar-refractivity contribution in [1.82, 2.24) is 14.8 Å². The standard InChI is InChI=1S/C21H21F2N3O/c22-16-9-15(10-17(23)11-16)18-12-26(21(27)14-1-5-24-6-2-14)19-13-3-7-25(8-4-13)20(18)19/h1-2,5-6,9-11,13,18-20H,3-4,7-8,12H2/t18-,19+,20+/m0/s1. The van der Waals surface area contributed by atoms with E-state index in [2.05, 4.69) is 9.88 Å². The third-order valence-electron chi connectivity index (χ3n) is 6.50. The molecule has 4 fully saturated rings. The predicted octanol–water partition coefficient (Wildman–Crippen LogP) is 3.06. The minimum absolute atomic E-state index is 0.0134. The summed E-state index contributed by atoms with van der Waals surface area (Å²) in [5, 5.41) is 0. The van der Waals surface area contributed by atoms with Crippen molar-refractivity contribution in [2.24, 2.45) is 5.92 Å². The molecular formula is C21H21F2N3O. The minimum atomic E-state index is -0.559. The van der Waals surface area contributed by atoms with Crippen LogP contribution < -0.4 is 0 Å². The molecule has 0 spiro atoms. The Morgan fingerprint density at radius 1 is 1.00 bits per heavy atom. The van der Waals surface area contributed by atoms with Gasteiger partial charge in [0, 0.05) is 42.5 Å². The number of amides is 1. The highest BCUT2D eigenvalue weighted by Gasteiger charge is 2.54. The molecule has 4 aliphatic rings. The second kappa shape index (κ2) is 6.37. The van der Waals surface area contributed by atoms with Gasteiger partial charge in [0.2, 0.25) is 0 Å². The molecular weight excluding hydrogens is 348 g/mol. The number of hydrogen-bond donors (Lipinski definition) is 0. The first-order chi connectivity index (χ1) is 13.1. The monoisotopic (exact) mass is 369 g/mol. The van der Waals surface area contributed by atoms with Crippen LogP contribution in [0.1, 0.15) is 34.7 Å². The normalized spacial score (nSPS) is 31.8. The van der Waals surface area contributed by atoms with E-state index in [1.807, 2.05) is 4.90 Å². The van der Waals surface area contributed by atoms with E-state index in [0.29, 0.717) is 23.6 Å². The van der Waals surface area contributed by atoms with Crippen molar-refractivity contribution in [2.45, 2.75) is 30.8 Å². The predicted molar refractivity (Wildman–Crippen MR) is 96.2 cm³/mol. The zero-order valence-electron chi connectivity index (χ0n) is 14.9. The number of carbonyl (C=O) groups excluding carboxylic acids is 1. The quantitative estimate of drug-likeness (QED) is 0.816. The smallest absolute Gasteiger partial charge is 0.254 e. The van der Waals surface area contributed by atoms with Crippen LogP contribution in [0, 0.1) is 17.6 Å². The van der Waals surface area contributed by atoms with Gasteiger partial charge in [0.1, 0.15) is 11.6 Å². The average molecular weight is 369 g/mol. The number of aromatic nitrogens is 1. The summed E-state index contributed by atoms with van der Waals surface area (Å²) in [7, 11) is 0. The highest BCUT2D eigenvalue weighted by Crippen LogP contribution is 2.47. The van der Waals surface area contributed by atoms with Crippen molar-refractivity contribution in [2.75, 3.05) is 19.6 Å². The number of likely N-dealkylation sites (tertiary alicyclic amines) is 1. The van der Waals surface area contributed by atoms with Crippen LogP contribution >= 0.6 is 0 Å². The lowest BCUT2D eigenvalue weighted by Crippen LogP contribution is -2.60. The third-order valence-corrected chi connectivity index (χ3v) is 6.50. The Kier molecular flexibility index (Phi) is 3.97. The largest absolute Gasteiger partial charge is 0.333 e. The van der Waals surface area contributed by atoms with Crippen LogP contribution in [0.15, 0.2) is 42.7 Å². The van der Waals surface area contributed by atoms with Crippen LogP contribution in [-0.4, -0.2) is 52.4 Å². The number of fused-ring (bicyclic) bond motifs is 2. The Labute approximate surface area is 156 Å². The van der Waals surface area contributed by atoms with E-state index in [9.17, 15) is 13.6 Å². The molecule has 0 unspecified atom stereocenters. The van der Waals surface area contributed by atoms with Gasteiger partial charge >= 0.3 is 0 Å². The molecule has 0 aliphatic carbocycles. The fourth-order valence-electron chi connectivity index (χ4n) is 5.40. The highest BCUT2D eigenvalue weighted by molar-refractivity contribution is 5.94. The van der Waals surface area contributed by atoms with Crippen LogP contribution in [0.3, 0.4) is 0 Å².